The Bertz CT molecular complexity index is 302. The van der Waals surface area contributed by atoms with Crippen LogP contribution in [0.5, 0.6) is 0 Å². The summed E-state index contributed by atoms with van der Waals surface area (Å²) in [6, 6.07) is 0. The zero-order chi connectivity index (χ0) is 18.3. The normalized spacial score (nSPS) is 12.5. The van der Waals surface area contributed by atoms with Crippen LogP contribution in [-0.4, -0.2) is 18.4 Å². The predicted octanol–water partition coefficient (Wildman–Crippen LogP) is 7.73. The molecule has 0 aliphatic rings. The van der Waals surface area contributed by atoms with Crippen molar-refractivity contribution in [1.82, 2.24) is 0 Å². The van der Waals surface area contributed by atoms with Gasteiger partial charge in [0, 0.05) is 0 Å². The van der Waals surface area contributed by atoms with E-state index in [0.717, 1.165) is 12.8 Å². The Hall–Kier alpha value is 0.150. The highest BCUT2D eigenvalue weighted by Crippen LogP contribution is 2.51. The number of unbranched alkanes of at least 4 members (excludes halogenated alkanes) is 11. The molecule has 0 atom stereocenters. The average Bonchev–Trinajstić information content (AvgIpc) is 2.46. The highest BCUT2D eigenvalue weighted by atomic mass is 31.2. The smallest absolute Gasteiger partial charge is 0.306 e. The predicted molar refractivity (Wildman–Crippen MR) is 106 cm³/mol. The molecule has 0 aliphatic heterocycles. The Morgan fingerprint density at radius 1 is 0.625 bits per heavy atom. The van der Waals surface area contributed by atoms with Crippen LogP contribution in [0.4, 0.5) is 0 Å². The summed E-state index contributed by atoms with van der Waals surface area (Å²) in [5, 5.41) is 0. The van der Waals surface area contributed by atoms with E-state index in [2.05, 4.69) is 6.92 Å². The Kier molecular flexibility index (Phi) is 15.5. The van der Waals surface area contributed by atoms with Gasteiger partial charge in [0.25, 0.3) is 0 Å². The molecule has 0 amide bonds. The maximum atomic E-state index is 12.7. The summed E-state index contributed by atoms with van der Waals surface area (Å²) >= 11 is 0. The molecular weight excluding hydrogens is 319 g/mol. The van der Waals surface area contributed by atoms with Gasteiger partial charge in [0.1, 0.15) is 0 Å². The summed E-state index contributed by atoms with van der Waals surface area (Å²) < 4.78 is 23.8. The fourth-order valence-corrected chi connectivity index (χ4v) is 5.08. The summed E-state index contributed by atoms with van der Waals surface area (Å²) in [4.78, 5) is 0. The first-order valence-corrected chi connectivity index (χ1v) is 12.1. The Labute approximate surface area is 151 Å². The third kappa shape index (κ3) is 15.7. The molecule has 0 saturated heterocycles. The van der Waals surface area contributed by atoms with Crippen molar-refractivity contribution < 1.29 is 13.6 Å². The molecule has 0 saturated carbocycles. The van der Waals surface area contributed by atoms with Gasteiger partial charge in [-0.1, -0.05) is 77.6 Å². The van der Waals surface area contributed by atoms with Crippen molar-refractivity contribution in [3.05, 3.63) is 0 Å². The fraction of sp³-hybridized carbons (Fsp3) is 1.00. The lowest BCUT2D eigenvalue weighted by atomic mass is 10.1. The van der Waals surface area contributed by atoms with Gasteiger partial charge in [0.2, 0.25) is 0 Å². The van der Waals surface area contributed by atoms with E-state index >= 15 is 0 Å². The summed E-state index contributed by atoms with van der Waals surface area (Å²) in [6.45, 7) is 9.93. The van der Waals surface area contributed by atoms with Crippen LogP contribution in [0.2, 0.25) is 0 Å². The van der Waals surface area contributed by atoms with E-state index in [1.54, 1.807) is 0 Å². The van der Waals surface area contributed by atoms with Gasteiger partial charge < -0.3 is 9.05 Å². The zero-order valence-electron chi connectivity index (χ0n) is 17.0. The first kappa shape index (κ1) is 24.1. The van der Waals surface area contributed by atoms with Crippen LogP contribution in [0.3, 0.4) is 0 Å². The van der Waals surface area contributed by atoms with Crippen LogP contribution >= 0.6 is 7.60 Å². The van der Waals surface area contributed by atoms with Crippen molar-refractivity contribution >= 4 is 7.60 Å². The molecule has 4 heteroatoms. The van der Waals surface area contributed by atoms with Crippen LogP contribution in [-0.2, 0) is 13.6 Å². The third-order valence-electron chi connectivity index (χ3n) is 4.03. The lowest BCUT2D eigenvalue weighted by Gasteiger charge is -2.22. The number of hydrogen-bond donors (Lipinski definition) is 0. The lowest BCUT2D eigenvalue weighted by Crippen LogP contribution is -2.10. The second-order valence-electron chi connectivity index (χ2n) is 7.53. The van der Waals surface area contributed by atoms with E-state index in [0.29, 0.717) is 6.16 Å². The number of rotatable bonds is 17. The molecule has 0 radical (unpaired) electrons. The number of hydrogen-bond acceptors (Lipinski definition) is 3. The lowest BCUT2D eigenvalue weighted by molar-refractivity contribution is 0.142. The zero-order valence-corrected chi connectivity index (χ0v) is 17.9. The molecule has 0 aromatic heterocycles. The van der Waals surface area contributed by atoms with E-state index in [9.17, 15) is 4.57 Å². The highest BCUT2D eigenvalue weighted by Gasteiger charge is 2.26. The molecule has 0 N–H and O–H groups in total. The molecule has 24 heavy (non-hydrogen) atoms. The summed E-state index contributed by atoms with van der Waals surface area (Å²) in [5.41, 5.74) is 0. The fourth-order valence-electron chi connectivity index (χ4n) is 2.92. The second kappa shape index (κ2) is 15.4. The van der Waals surface area contributed by atoms with Crippen LogP contribution in [0.25, 0.3) is 0 Å². The van der Waals surface area contributed by atoms with E-state index < -0.39 is 7.60 Å². The van der Waals surface area contributed by atoms with Gasteiger partial charge >= 0.3 is 7.60 Å². The molecule has 146 valence electrons. The van der Waals surface area contributed by atoms with Crippen molar-refractivity contribution in [2.45, 2.75) is 124 Å². The standard InChI is InChI=1S/C20H43O3P/c1-6-7-8-9-10-11-12-13-14-15-16-17-18-24(21,22-19(2)3)23-20(4)5/h19-20H,6-18H2,1-5H3. The highest BCUT2D eigenvalue weighted by molar-refractivity contribution is 7.53. The van der Waals surface area contributed by atoms with Crippen LogP contribution in [0.1, 0.15) is 112 Å². The first-order valence-electron chi connectivity index (χ1n) is 10.4. The van der Waals surface area contributed by atoms with Gasteiger partial charge in [-0.3, -0.25) is 4.57 Å². The minimum atomic E-state index is -2.91. The van der Waals surface area contributed by atoms with E-state index in [4.69, 9.17) is 9.05 Å². The summed E-state index contributed by atoms with van der Waals surface area (Å²) in [6.07, 6.45) is 16.1. The molecule has 0 heterocycles. The maximum absolute atomic E-state index is 12.7. The van der Waals surface area contributed by atoms with Crippen LogP contribution in [0, 0.1) is 0 Å². The minimum absolute atomic E-state index is 0.0492. The Balaban J connectivity index is 3.60. The van der Waals surface area contributed by atoms with E-state index in [-0.39, 0.29) is 12.2 Å². The molecular formula is C20H43O3P. The van der Waals surface area contributed by atoms with Crippen molar-refractivity contribution in [2.24, 2.45) is 0 Å². The molecule has 0 aromatic rings. The van der Waals surface area contributed by atoms with Gasteiger partial charge in [0.05, 0.1) is 18.4 Å². The average molecular weight is 363 g/mol. The maximum Gasteiger partial charge on any atom is 0.331 e. The third-order valence-corrected chi connectivity index (χ3v) is 6.38. The van der Waals surface area contributed by atoms with Crippen LogP contribution in [0.15, 0.2) is 0 Å². The largest absolute Gasteiger partial charge is 0.331 e. The first-order chi connectivity index (χ1) is 11.4. The molecule has 0 rings (SSSR count). The molecule has 0 spiro atoms. The molecule has 0 unspecified atom stereocenters. The monoisotopic (exact) mass is 362 g/mol. The van der Waals surface area contributed by atoms with Gasteiger partial charge in [-0.15, -0.1) is 0 Å². The van der Waals surface area contributed by atoms with E-state index in [1.165, 1.54) is 64.2 Å². The van der Waals surface area contributed by atoms with E-state index in [1.807, 2.05) is 27.7 Å². The van der Waals surface area contributed by atoms with Gasteiger partial charge in [0.15, 0.2) is 0 Å². The van der Waals surface area contributed by atoms with Crippen molar-refractivity contribution in [3.63, 3.8) is 0 Å². The molecule has 0 aliphatic carbocycles. The Morgan fingerprint density at radius 3 is 1.29 bits per heavy atom. The topological polar surface area (TPSA) is 35.5 Å². The minimum Gasteiger partial charge on any atom is -0.306 e. The van der Waals surface area contributed by atoms with Crippen molar-refractivity contribution in [3.8, 4) is 0 Å². The van der Waals surface area contributed by atoms with Crippen LogP contribution < -0.4 is 0 Å². The summed E-state index contributed by atoms with van der Waals surface area (Å²) in [5.74, 6) is 0. The molecule has 0 aromatic carbocycles. The van der Waals surface area contributed by atoms with Gasteiger partial charge in [-0.05, 0) is 34.1 Å². The van der Waals surface area contributed by atoms with Gasteiger partial charge in [-0.25, -0.2) is 0 Å². The quantitative estimate of drug-likeness (QED) is 0.196. The Morgan fingerprint density at radius 2 is 0.958 bits per heavy atom. The SMILES string of the molecule is CCCCCCCCCCCCCCP(=O)(OC(C)C)OC(C)C. The molecule has 0 fully saturated rings. The molecule has 0 bridgehead atoms. The van der Waals surface area contributed by atoms with Crippen molar-refractivity contribution in [1.29, 1.82) is 0 Å². The van der Waals surface area contributed by atoms with Crippen molar-refractivity contribution in [2.75, 3.05) is 6.16 Å². The summed E-state index contributed by atoms with van der Waals surface area (Å²) in [7, 11) is -2.91. The second-order valence-corrected chi connectivity index (χ2v) is 9.62. The molecule has 3 nitrogen and oxygen atoms in total. The van der Waals surface area contributed by atoms with Gasteiger partial charge in [-0.2, -0.15) is 0 Å².